The highest BCUT2D eigenvalue weighted by Gasteiger charge is 2.22. The molecule has 0 atom stereocenters. The summed E-state index contributed by atoms with van der Waals surface area (Å²) in [5, 5.41) is 7.90. The van der Waals surface area contributed by atoms with Gasteiger partial charge in [0.1, 0.15) is 0 Å². The SMILES string of the molecule is Cc1[nH]nc2ncc(C(=O)N3CCC(C)CC3)cc12. The van der Waals surface area contributed by atoms with E-state index in [1.807, 2.05) is 17.9 Å². The number of amides is 1. The number of nitrogens with one attached hydrogen (secondary N) is 1. The van der Waals surface area contributed by atoms with Crippen LogP contribution < -0.4 is 0 Å². The summed E-state index contributed by atoms with van der Waals surface area (Å²) in [6.07, 6.45) is 3.81. The van der Waals surface area contributed by atoms with Crippen molar-refractivity contribution < 1.29 is 4.79 Å². The molecular weight excluding hydrogens is 240 g/mol. The number of nitrogens with zero attached hydrogens (tertiary/aromatic N) is 3. The number of rotatable bonds is 1. The predicted octanol–water partition coefficient (Wildman–Crippen LogP) is 2.14. The van der Waals surface area contributed by atoms with E-state index in [-0.39, 0.29) is 5.91 Å². The number of aryl methyl sites for hydroxylation is 1. The Morgan fingerprint density at radius 1 is 1.42 bits per heavy atom. The van der Waals surface area contributed by atoms with Gasteiger partial charge in [-0.15, -0.1) is 0 Å². The lowest BCUT2D eigenvalue weighted by Crippen LogP contribution is -2.37. The lowest BCUT2D eigenvalue weighted by molar-refractivity contribution is 0.0697. The Bertz CT molecular complexity index is 611. The average Bonchev–Trinajstić information content (AvgIpc) is 2.80. The largest absolute Gasteiger partial charge is 0.339 e. The molecule has 1 aliphatic heterocycles. The molecule has 1 fully saturated rings. The maximum Gasteiger partial charge on any atom is 0.255 e. The summed E-state index contributed by atoms with van der Waals surface area (Å²) in [7, 11) is 0. The highest BCUT2D eigenvalue weighted by atomic mass is 16.2. The third kappa shape index (κ3) is 2.20. The van der Waals surface area contributed by atoms with Crippen LogP contribution in [0.25, 0.3) is 11.0 Å². The summed E-state index contributed by atoms with van der Waals surface area (Å²) in [4.78, 5) is 18.6. The topological polar surface area (TPSA) is 61.9 Å². The van der Waals surface area contributed by atoms with E-state index in [4.69, 9.17) is 0 Å². The Balaban J connectivity index is 1.87. The van der Waals surface area contributed by atoms with E-state index < -0.39 is 0 Å². The number of hydrogen-bond acceptors (Lipinski definition) is 3. The molecule has 0 aromatic carbocycles. The van der Waals surface area contributed by atoms with Gasteiger partial charge in [0.2, 0.25) is 0 Å². The van der Waals surface area contributed by atoms with Crippen molar-refractivity contribution in [2.24, 2.45) is 5.92 Å². The fourth-order valence-corrected chi connectivity index (χ4v) is 2.53. The van der Waals surface area contributed by atoms with Gasteiger partial charge >= 0.3 is 0 Å². The molecule has 2 aromatic rings. The highest BCUT2D eigenvalue weighted by molar-refractivity contribution is 5.97. The second-order valence-electron chi connectivity index (χ2n) is 5.42. The van der Waals surface area contributed by atoms with Gasteiger partial charge in [-0.2, -0.15) is 5.10 Å². The Labute approximate surface area is 112 Å². The van der Waals surface area contributed by atoms with Crippen LogP contribution in [0.3, 0.4) is 0 Å². The monoisotopic (exact) mass is 258 g/mol. The van der Waals surface area contributed by atoms with Gasteiger partial charge in [0.15, 0.2) is 5.65 Å². The third-order valence-corrected chi connectivity index (χ3v) is 3.92. The van der Waals surface area contributed by atoms with Gasteiger partial charge in [-0.1, -0.05) is 6.92 Å². The minimum absolute atomic E-state index is 0.0851. The molecule has 19 heavy (non-hydrogen) atoms. The van der Waals surface area contributed by atoms with Crippen molar-refractivity contribution in [1.82, 2.24) is 20.1 Å². The molecule has 1 N–H and O–H groups in total. The fraction of sp³-hybridized carbons (Fsp3) is 0.500. The van der Waals surface area contributed by atoms with Crippen molar-refractivity contribution in [1.29, 1.82) is 0 Å². The van der Waals surface area contributed by atoms with Crippen LogP contribution in [0.5, 0.6) is 0 Å². The average molecular weight is 258 g/mol. The Kier molecular flexibility index (Phi) is 2.97. The van der Waals surface area contributed by atoms with Crippen molar-refractivity contribution in [3.05, 3.63) is 23.5 Å². The third-order valence-electron chi connectivity index (χ3n) is 3.92. The van der Waals surface area contributed by atoms with Gasteiger partial charge in [-0.25, -0.2) is 4.98 Å². The van der Waals surface area contributed by atoms with E-state index in [1.54, 1.807) is 6.20 Å². The van der Waals surface area contributed by atoms with E-state index in [1.165, 1.54) is 0 Å². The van der Waals surface area contributed by atoms with E-state index in [0.29, 0.717) is 11.2 Å². The van der Waals surface area contributed by atoms with Crippen LogP contribution in [-0.4, -0.2) is 39.1 Å². The normalized spacial score (nSPS) is 17.1. The van der Waals surface area contributed by atoms with Crippen molar-refractivity contribution in [3.8, 4) is 0 Å². The Hall–Kier alpha value is -1.91. The van der Waals surface area contributed by atoms with Crippen LogP contribution in [0.15, 0.2) is 12.3 Å². The summed E-state index contributed by atoms with van der Waals surface area (Å²) in [5.41, 5.74) is 2.28. The summed E-state index contributed by atoms with van der Waals surface area (Å²) in [6.45, 7) is 5.88. The summed E-state index contributed by atoms with van der Waals surface area (Å²) in [6, 6.07) is 1.89. The van der Waals surface area contributed by atoms with Crippen LogP contribution in [0.4, 0.5) is 0 Å². The number of aromatic nitrogens is 3. The Morgan fingerprint density at radius 3 is 2.89 bits per heavy atom. The molecule has 1 aliphatic rings. The first-order valence-electron chi connectivity index (χ1n) is 6.75. The van der Waals surface area contributed by atoms with Crippen LogP contribution in [-0.2, 0) is 0 Å². The number of carbonyl (C=O) groups is 1. The second kappa shape index (κ2) is 4.64. The lowest BCUT2D eigenvalue weighted by Gasteiger charge is -2.30. The van der Waals surface area contributed by atoms with Crippen molar-refractivity contribution in [2.45, 2.75) is 26.7 Å². The molecule has 0 bridgehead atoms. The van der Waals surface area contributed by atoms with Gasteiger partial charge in [-0.05, 0) is 31.7 Å². The molecule has 0 unspecified atom stereocenters. The van der Waals surface area contributed by atoms with E-state index in [2.05, 4.69) is 22.1 Å². The summed E-state index contributed by atoms with van der Waals surface area (Å²) < 4.78 is 0. The predicted molar refractivity (Wildman–Crippen MR) is 72.9 cm³/mol. The smallest absolute Gasteiger partial charge is 0.255 e. The molecule has 100 valence electrons. The molecule has 3 rings (SSSR count). The fourth-order valence-electron chi connectivity index (χ4n) is 2.53. The van der Waals surface area contributed by atoms with Crippen molar-refractivity contribution in [2.75, 3.05) is 13.1 Å². The molecule has 0 spiro atoms. The molecule has 0 saturated carbocycles. The summed E-state index contributed by atoms with van der Waals surface area (Å²) in [5.74, 6) is 0.808. The number of fused-ring (bicyclic) bond motifs is 1. The minimum Gasteiger partial charge on any atom is -0.339 e. The molecule has 0 aliphatic carbocycles. The second-order valence-corrected chi connectivity index (χ2v) is 5.42. The molecular formula is C14H18N4O. The zero-order valence-corrected chi connectivity index (χ0v) is 11.3. The van der Waals surface area contributed by atoms with E-state index in [0.717, 1.165) is 42.9 Å². The number of aromatic amines is 1. The molecule has 3 heterocycles. The van der Waals surface area contributed by atoms with Crippen LogP contribution in [0.1, 0.15) is 35.8 Å². The number of hydrogen-bond donors (Lipinski definition) is 1. The molecule has 2 aromatic heterocycles. The highest BCUT2D eigenvalue weighted by Crippen LogP contribution is 2.20. The number of pyridine rings is 1. The zero-order valence-electron chi connectivity index (χ0n) is 11.3. The van der Waals surface area contributed by atoms with Gasteiger partial charge < -0.3 is 4.90 Å². The van der Waals surface area contributed by atoms with E-state index >= 15 is 0 Å². The number of piperidine rings is 1. The van der Waals surface area contributed by atoms with Crippen LogP contribution in [0.2, 0.25) is 0 Å². The number of carbonyl (C=O) groups excluding carboxylic acids is 1. The molecule has 5 heteroatoms. The summed E-state index contributed by atoms with van der Waals surface area (Å²) >= 11 is 0. The number of likely N-dealkylation sites (tertiary alicyclic amines) is 1. The van der Waals surface area contributed by atoms with Crippen LogP contribution in [0, 0.1) is 12.8 Å². The quantitative estimate of drug-likeness (QED) is 0.852. The van der Waals surface area contributed by atoms with Gasteiger partial charge in [0.25, 0.3) is 5.91 Å². The van der Waals surface area contributed by atoms with E-state index in [9.17, 15) is 4.79 Å². The zero-order chi connectivity index (χ0) is 13.4. The molecule has 1 amide bonds. The molecule has 0 radical (unpaired) electrons. The number of H-pyrrole nitrogens is 1. The lowest BCUT2D eigenvalue weighted by atomic mass is 9.99. The van der Waals surface area contributed by atoms with Crippen LogP contribution >= 0.6 is 0 Å². The van der Waals surface area contributed by atoms with Crippen molar-refractivity contribution >= 4 is 16.9 Å². The van der Waals surface area contributed by atoms with Crippen molar-refractivity contribution in [3.63, 3.8) is 0 Å². The Morgan fingerprint density at radius 2 is 2.16 bits per heavy atom. The minimum atomic E-state index is 0.0851. The first-order chi connectivity index (χ1) is 9.15. The van der Waals surface area contributed by atoms with Gasteiger partial charge in [-0.3, -0.25) is 9.89 Å². The standard InChI is InChI=1S/C14H18N4O/c1-9-3-5-18(6-4-9)14(19)11-7-12-10(2)16-17-13(12)15-8-11/h7-9H,3-6H2,1-2H3,(H,15,16,17). The van der Waals surface area contributed by atoms with Gasteiger partial charge in [0.05, 0.1) is 5.56 Å². The van der Waals surface area contributed by atoms with Gasteiger partial charge in [0, 0.05) is 30.4 Å². The first kappa shape index (κ1) is 12.1. The maximum atomic E-state index is 12.4. The molecule has 5 nitrogen and oxygen atoms in total. The maximum absolute atomic E-state index is 12.4. The first-order valence-corrected chi connectivity index (χ1v) is 6.75. The molecule has 1 saturated heterocycles.